The fourth-order valence-corrected chi connectivity index (χ4v) is 3.67. The number of rotatable bonds is 4. The first-order chi connectivity index (χ1) is 12.8. The van der Waals surface area contributed by atoms with Crippen molar-refractivity contribution in [3.63, 3.8) is 0 Å². The van der Waals surface area contributed by atoms with E-state index in [0.29, 0.717) is 36.2 Å². The van der Waals surface area contributed by atoms with Crippen molar-refractivity contribution in [1.29, 1.82) is 0 Å². The van der Waals surface area contributed by atoms with E-state index >= 15 is 0 Å². The van der Waals surface area contributed by atoms with Gasteiger partial charge in [-0.05, 0) is 31.4 Å². The smallest absolute Gasteiger partial charge is 0.257 e. The van der Waals surface area contributed by atoms with Gasteiger partial charge in [0.15, 0.2) is 5.82 Å². The number of aromatic nitrogens is 2. The molecule has 2 aliphatic heterocycles. The lowest BCUT2D eigenvalue weighted by atomic mass is 10.00. The molecule has 0 aliphatic carbocycles. The molecule has 26 heavy (non-hydrogen) atoms. The van der Waals surface area contributed by atoms with E-state index in [1.54, 1.807) is 19.2 Å². The van der Waals surface area contributed by atoms with Gasteiger partial charge in [-0.1, -0.05) is 17.3 Å². The quantitative estimate of drug-likeness (QED) is 0.837. The van der Waals surface area contributed by atoms with Gasteiger partial charge < -0.3 is 18.9 Å². The number of likely N-dealkylation sites (tertiary alicyclic amines) is 1. The highest BCUT2D eigenvalue weighted by Gasteiger charge is 2.33. The van der Waals surface area contributed by atoms with Crippen LogP contribution in [0.15, 0.2) is 28.8 Å². The Kier molecular flexibility index (Phi) is 4.88. The highest BCUT2D eigenvalue weighted by molar-refractivity contribution is 5.97. The first-order valence-electron chi connectivity index (χ1n) is 9.10. The summed E-state index contributed by atoms with van der Waals surface area (Å²) in [6, 6.07) is 7.31. The summed E-state index contributed by atoms with van der Waals surface area (Å²) in [6.45, 7) is 2.77. The number of carbonyl (C=O) groups excluding carboxylic acids is 1. The van der Waals surface area contributed by atoms with Gasteiger partial charge in [-0.25, -0.2) is 0 Å². The van der Waals surface area contributed by atoms with Crippen LogP contribution in [-0.2, 0) is 4.74 Å². The van der Waals surface area contributed by atoms with Crippen LogP contribution in [0.3, 0.4) is 0 Å². The van der Waals surface area contributed by atoms with Crippen LogP contribution in [0.1, 0.15) is 53.2 Å². The molecule has 7 nitrogen and oxygen atoms in total. The molecular weight excluding hydrogens is 334 g/mol. The zero-order chi connectivity index (χ0) is 17.9. The molecule has 0 N–H and O–H groups in total. The minimum atomic E-state index is -0.0193. The second-order valence-corrected chi connectivity index (χ2v) is 6.81. The molecule has 2 fully saturated rings. The molecule has 2 aromatic rings. The van der Waals surface area contributed by atoms with Gasteiger partial charge in [-0.15, -0.1) is 0 Å². The predicted octanol–water partition coefficient (Wildman–Crippen LogP) is 2.60. The standard InChI is InChI=1S/C19H23N3O4/c1-24-16-5-3-2-4-15(16)19(23)22-9-6-14(12-22)18-20-17(21-26-18)13-7-10-25-11-8-13/h2-5,13-14H,6-12H2,1H3. The Labute approximate surface area is 152 Å². The van der Waals surface area contributed by atoms with Gasteiger partial charge >= 0.3 is 0 Å². The monoisotopic (exact) mass is 357 g/mol. The molecular formula is C19H23N3O4. The van der Waals surface area contributed by atoms with E-state index in [9.17, 15) is 4.79 Å². The summed E-state index contributed by atoms with van der Waals surface area (Å²) in [5.41, 5.74) is 0.587. The lowest BCUT2D eigenvalue weighted by Gasteiger charge is -2.18. The number of hydrogen-bond acceptors (Lipinski definition) is 6. The Hall–Kier alpha value is -2.41. The summed E-state index contributed by atoms with van der Waals surface area (Å²) in [5.74, 6) is 2.40. The van der Waals surface area contributed by atoms with Gasteiger partial charge in [0.1, 0.15) is 5.75 Å². The summed E-state index contributed by atoms with van der Waals surface area (Å²) in [4.78, 5) is 19.3. The normalized spacial score (nSPS) is 21.1. The van der Waals surface area contributed by atoms with E-state index in [-0.39, 0.29) is 11.8 Å². The highest BCUT2D eigenvalue weighted by atomic mass is 16.5. The molecule has 0 radical (unpaired) electrons. The van der Waals surface area contributed by atoms with Gasteiger partial charge in [0, 0.05) is 32.2 Å². The number of benzene rings is 1. The Balaban J connectivity index is 1.43. The van der Waals surface area contributed by atoms with Gasteiger partial charge in [-0.3, -0.25) is 4.79 Å². The maximum absolute atomic E-state index is 12.8. The van der Waals surface area contributed by atoms with Crippen molar-refractivity contribution in [1.82, 2.24) is 15.0 Å². The first-order valence-corrected chi connectivity index (χ1v) is 9.10. The third-order valence-electron chi connectivity index (χ3n) is 5.21. The lowest BCUT2D eigenvalue weighted by molar-refractivity contribution is 0.0786. The average Bonchev–Trinajstić information content (AvgIpc) is 3.37. The van der Waals surface area contributed by atoms with Gasteiger partial charge in [0.05, 0.1) is 18.6 Å². The average molecular weight is 357 g/mol. The minimum Gasteiger partial charge on any atom is -0.496 e. The second-order valence-electron chi connectivity index (χ2n) is 6.81. The van der Waals surface area contributed by atoms with Crippen molar-refractivity contribution in [2.24, 2.45) is 0 Å². The van der Waals surface area contributed by atoms with E-state index in [1.165, 1.54) is 0 Å². The van der Waals surface area contributed by atoms with Crippen molar-refractivity contribution in [3.05, 3.63) is 41.5 Å². The predicted molar refractivity (Wildman–Crippen MR) is 93.3 cm³/mol. The maximum atomic E-state index is 12.8. The van der Waals surface area contributed by atoms with Crippen LogP contribution >= 0.6 is 0 Å². The number of methoxy groups -OCH3 is 1. The molecule has 0 bridgehead atoms. The topological polar surface area (TPSA) is 77.7 Å². The zero-order valence-corrected chi connectivity index (χ0v) is 14.9. The fourth-order valence-electron chi connectivity index (χ4n) is 3.67. The molecule has 1 unspecified atom stereocenters. The number of ether oxygens (including phenoxy) is 2. The van der Waals surface area contributed by atoms with Crippen LogP contribution < -0.4 is 4.74 Å². The zero-order valence-electron chi connectivity index (χ0n) is 14.9. The summed E-state index contributed by atoms with van der Waals surface area (Å²) in [7, 11) is 1.58. The molecule has 2 saturated heterocycles. The molecule has 0 saturated carbocycles. The van der Waals surface area contributed by atoms with Crippen LogP contribution in [0.4, 0.5) is 0 Å². The minimum absolute atomic E-state index is 0.0193. The van der Waals surface area contributed by atoms with Crippen LogP contribution in [0.2, 0.25) is 0 Å². The van der Waals surface area contributed by atoms with E-state index in [2.05, 4.69) is 10.1 Å². The van der Waals surface area contributed by atoms with Crippen molar-refractivity contribution < 1.29 is 18.8 Å². The Morgan fingerprint density at radius 3 is 2.81 bits per heavy atom. The van der Waals surface area contributed by atoms with Gasteiger partial charge in [-0.2, -0.15) is 4.98 Å². The van der Waals surface area contributed by atoms with Crippen LogP contribution in [0.25, 0.3) is 0 Å². The number of para-hydroxylation sites is 1. The van der Waals surface area contributed by atoms with E-state index in [4.69, 9.17) is 14.0 Å². The number of hydrogen-bond donors (Lipinski definition) is 0. The van der Waals surface area contributed by atoms with E-state index < -0.39 is 0 Å². The number of carbonyl (C=O) groups is 1. The molecule has 1 amide bonds. The van der Waals surface area contributed by atoms with Crippen molar-refractivity contribution in [3.8, 4) is 5.75 Å². The van der Waals surface area contributed by atoms with Crippen molar-refractivity contribution in [2.45, 2.75) is 31.1 Å². The van der Waals surface area contributed by atoms with E-state index in [0.717, 1.165) is 38.3 Å². The summed E-state index contributed by atoms with van der Waals surface area (Å²) in [5, 5.41) is 4.17. The Bertz CT molecular complexity index is 770. The SMILES string of the molecule is COc1ccccc1C(=O)N1CCC(c2nc(C3CCOCC3)no2)C1. The largest absolute Gasteiger partial charge is 0.496 e. The van der Waals surface area contributed by atoms with Crippen LogP contribution in [0, 0.1) is 0 Å². The summed E-state index contributed by atoms with van der Waals surface area (Å²) < 4.78 is 16.2. The lowest BCUT2D eigenvalue weighted by Crippen LogP contribution is -2.28. The second kappa shape index (κ2) is 7.45. The molecule has 4 rings (SSSR count). The molecule has 1 aromatic heterocycles. The fraction of sp³-hybridized carbons (Fsp3) is 0.526. The molecule has 138 valence electrons. The van der Waals surface area contributed by atoms with Crippen LogP contribution in [0.5, 0.6) is 5.75 Å². The first kappa shape index (κ1) is 17.0. The van der Waals surface area contributed by atoms with Crippen molar-refractivity contribution >= 4 is 5.91 Å². The molecule has 0 spiro atoms. The van der Waals surface area contributed by atoms with Gasteiger partial charge in [0.2, 0.25) is 5.89 Å². The Morgan fingerprint density at radius 2 is 2.00 bits per heavy atom. The Morgan fingerprint density at radius 1 is 1.19 bits per heavy atom. The third-order valence-corrected chi connectivity index (χ3v) is 5.21. The summed E-state index contributed by atoms with van der Waals surface area (Å²) >= 11 is 0. The molecule has 2 aliphatic rings. The molecule has 7 heteroatoms. The number of amides is 1. The maximum Gasteiger partial charge on any atom is 0.257 e. The molecule has 3 heterocycles. The molecule has 1 atom stereocenters. The van der Waals surface area contributed by atoms with Gasteiger partial charge in [0.25, 0.3) is 5.91 Å². The summed E-state index contributed by atoms with van der Waals surface area (Å²) in [6.07, 6.45) is 2.69. The molecule has 1 aromatic carbocycles. The highest BCUT2D eigenvalue weighted by Crippen LogP contribution is 2.31. The van der Waals surface area contributed by atoms with Crippen molar-refractivity contribution in [2.75, 3.05) is 33.4 Å². The number of nitrogens with zero attached hydrogens (tertiary/aromatic N) is 3. The van der Waals surface area contributed by atoms with E-state index in [1.807, 2.05) is 17.0 Å². The van der Waals surface area contributed by atoms with Crippen LogP contribution in [-0.4, -0.2) is 54.4 Å². The third kappa shape index (κ3) is 3.31.